The van der Waals surface area contributed by atoms with E-state index in [1.54, 1.807) is 55.6 Å². The molecule has 164 valence electrons. The van der Waals surface area contributed by atoms with Crippen LogP contribution in [0.25, 0.3) is 0 Å². The number of esters is 1. The van der Waals surface area contributed by atoms with Gasteiger partial charge in [0, 0.05) is 0 Å². The van der Waals surface area contributed by atoms with E-state index in [0.717, 1.165) is 16.7 Å². The summed E-state index contributed by atoms with van der Waals surface area (Å²) < 4.78 is 15.9. The number of hydrogen-bond donors (Lipinski definition) is 1. The number of amides is 1. The maximum Gasteiger partial charge on any atom is 0.343 e. The highest BCUT2D eigenvalue weighted by Crippen LogP contribution is 2.17. The Morgan fingerprint density at radius 2 is 1.53 bits per heavy atom. The SMILES string of the molecule is COc1ccc(C(=O)Oc2ccc(/C=N\NC(=O)COc3ccc(C)c(C)c3)cc2)cc1. The fourth-order valence-electron chi connectivity index (χ4n) is 2.68. The fourth-order valence-corrected chi connectivity index (χ4v) is 2.68. The number of carbonyl (C=O) groups is 2. The van der Waals surface area contributed by atoms with E-state index in [2.05, 4.69) is 10.5 Å². The van der Waals surface area contributed by atoms with Gasteiger partial charge in [0.05, 0.1) is 18.9 Å². The fraction of sp³-hybridized carbons (Fsp3) is 0.160. The minimum absolute atomic E-state index is 0.139. The summed E-state index contributed by atoms with van der Waals surface area (Å²) in [4.78, 5) is 24.1. The highest BCUT2D eigenvalue weighted by atomic mass is 16.5. The van der Waals surface area contributed by atoms with Crippen LogP contribution in [0.1, 0.15) is 27.0 Å². The number of carbonyl (C=O) groups excluding carboxylic acids is 2. The lowest BCUT2D eigenvalue weighted by Gasteiger charge is -2.07. The van der Waals surface area contributed by atoms with E-state index in [4.69, 9.17) is 14.2 Å². The summed E-state index contributed by atoms with van der Waals surface area (Å²) in [5.74, 6) is 0.851. The summed E-state index contributed by atoms with van der Waals surface area (Å²) >= 11 is 0. The molecule has 0 aliphatic heterocycles. The Hall–Kier alpha value is -4.13. The van der Waals surface area contributed by atoms with Crippen molar-refractivity contribution in [2.24, 2.45) is 5.10 Å². The number of nitrogens with zero attached hydrogens (tertiary/aromatic N) is 1. The molecule has 0 unspecified atom stereocenters. The van der Waals surface area contributed by atoms with E-state index in [1.807, 2.05) is 32.0 Å². The number of nitrogens with one attached hydrogen (secondary N) is 1. The van der Waals surface area contributed by atoms with Crippen molar-refractivity contribution in [3.63, 3.8) is 0 Å². The first-order valence-corrected chi connectivity index (χ1v) is 9.93. The molecule has 0 bridgehead atoms. The highest BCUT2D eigenvalue weighted by molar-refractivity contribution is 5.91. The number of benzene rings is 3. The van der Waals surface area contributed by atoms with Gasteiger partial charge in [0.1, 0.15) is 17.2 Å². The lowest BCUT2D eigenvalue weighted by Crippen LogP contribution is -2.24. The predicted octanol–water partition coefficient (Wildman–Crippen LogP) is 4.06. The smallest absolute Gasteiger partial charge is 0.343 e. The summed E-state index contributed by atoms with van der Waals surface area (Å²) in [5.41, 5.74) is 5.82. The van der Waals surface area contributed by atoms with E-state index in [-0.39, 0.29) is 12.5 Å². The van der Waals surface area contributed by atoms with Crippen molar-refractivity contribution >= 4 is 18.1 Å². The topological polar surface area (TPSA) is 86.2 Å². The molecule has 1 amide bonds. The van der Waals surface area contributed by atoms with Gasteiger partial charge in [-0.3, -0.25) is 4.79 Å². The van der Waals surface area contributed by atoms with Gasteiger partial charge in [-0.05, 0) is 91.2 Å². The van der Waals surface area contributed by atoms with Crippen LogP contribution in [-0.2, 0) is 4.79 Å². The lowest BCUT2D eigenvalue weighted by atomic mass is 10.1. The molecule has 32 heavy (non-hydrogen) atoms. The van der Waals surface area contributed by atoms with E-state index in [9.17, 15) is 9.59 Å². The summed E-state index contributed by atoms with van der Waals surface area (Å²) in [6, 6.07) is 19.0. The van der Waals surface area contributed by atoms with Gasteiger partial charge in [0.2, 0.25) is 0 Å². The summed E-state index contributed by atoms with van der Waals surface area (Å²) in [7, 11) is 1.56. The Kier molecular flexibility index (Phi) is 7.59. The Morgan fingerprint density at radius 1 is 0.875 bits per heavy atom. The third kappa shape index (κ3) is 6.43. The van der Waals surface area contributed by atoms with Crippen LogP contribution < -0.4 is 19.6 Å². The van der Waals surface area contributed by atoms with Crippen LogP contribution in [0.15, 0.2) is 71.8 Å². The molecule has 0 saturated heterocycles. The number of hydrogen-bond acceptors (Lipinski definition) is 6. The zero-order valence-corrected chi connectivity index (χ0v) is 18.1. The minimum Gasteiger partial charge on any atom is -0.497 e. The van der Waals surface area contributed by atoms with Crippen molar-refractivity contribution in [2.75, 3.05) is 13.7 Å². The van der Waals surface area contributed by atoms with Crippen LogP contribution >= 0.6 is 0 Å². The number of ether oxygens (including phenoxy) is 3. The Morgan fingerprint density at radius 3 is 2.19 bits per heavy atom. The van der Waals surface area contributed by atoms with Crippen LogP contribution in [0.5, 0.6) is 17.2 Å². The Bertz CT molecular complexity index is 1110. The molecule has 3 aromatic rings. The molecule has 7 heteroatoms. The van der Waals surface area contributed by atoms with Gasteiger partial charge in [-0.15, -0.1) is 0 Å². The zero-order valence-electron chi connectivity index (χ0n) is 18.1. The molecule has 3 rings (SSSR count). The third-order valence-electron chi connectivity index (χ3n) is 4.67. The molecule has 0 aromatic heterocycles. The van der Waals surface area contributed by atoms with Crippen LogP contribution in [0, 0.1) is 13.8 Å². The largest absolute Gasteiger partial charge is 0.497 e. The van der Waals surface area contributed by atoms with Crippen LogP contribution in [0.3, 0.4) is 0 Å². The first-order valence-electron chi connectivity index (χ1n) is 9.93. The zero-order chi connectivity index (χ0) is 22.9. The predicted molar refractivity (Wildman–Crippen MR) is 122 cm³/mol. The normalized spacial score (nSPS) is 10.6. The van der Waals surface area contributed by atoms with Crippen molar-refractivity contribution in [3.05, 3.63) is 89.0 Å². The molecule has 0 fully saturated rings. The van der Waals surface area contributed by atoms with E-state index in [0.29, 0.717) is 22.8 Å². The second kappa shape index (κ2) is 10.8. The van der Waals surface area contributed by atoms with Crippen LogP contribution in [-0.4, -0.2) is 31.8 Å². The van der Waals surface area contributed by atoms with E-state index < -0.39 is 5.97 Å². The number of methoxy groups -OCH3 is 1. The van der Waals surface area contributed by atoms with Crippen molar-refractivity contribution in [3.8, 4) is 17.2 Å². The molecule has 0 aliphatic carbocycles. The summed E-state index contributed by atoms with van der Waals surface area (Å²) in [6.45, 7) is 3.86. The Labute approximate surface area is 186 Å². The molecular formula is C25H24N2O5. The molecule has 3 aromatic carbocycles. The molecule has 0 radical (unpaired) electrons. The maximum absolute atomic E-state index is 12.2. The summed E-state index contributed by atoms with van der Waals surface area (Å²) in [5, 5.41) is 3.92. The molecule has 7 nitrogen and oxygen atoms in total. The van der Waals surface area contributed by atoms with Crippen LogP contribution in [0.2, 0.25) is 0 Å². The maximum atomic E-state index is 12.2. The third-order valence-corrected chi connectivity index (χ3v) is 4.67. The summed E-state index contributed by atoms with van der Waals surface area (Å²) in [6.07, 6.45) is 1.49. The van der Waals surface area contributed by atoms with Crippen molar-refractivity contribution in [1.29, 1.82) is 0 Å². The second-order valence-corrected chi connectivity index (χ2v) is 7.01. The van der Waals surface area contributed by atoms with Gasteiger partial charge >= 0.3 is 5.97 Å². The minimum atomic E-state index is -0.467. The van der Waals surface area contributed by atoms with E-state index >= 15 is 0 Å². The highest BCUT2D eigenvalue weighted by Gasteiger charge is 2.08. The van der Waals surface area contributed by atoms with Crippen molar-refractivity contribution < 1.29 is 23.8 Å². The van der Waals surface area contributed by atoms with Gasteiger partial charge in [0.15, 0.2) is 6.61 Å². The molecule has 0 atom stereocenters. The monoisotopic (exact) mass is 432 g/mol. The first kappa shape index (κ1) is 22.6. The standard InChI is InChI=1S/C25H24N2O5/c1-17-4-9-23(14-18(17)2)31-16-24(28)27-26-15-19-5-10-22(11-6-19)32-25(29)20-7-12-21(30-3)13-8-20/h4-15H,16H2,1-3H3,(H,27,28)/b26-15-. The Balaban J connectivity index is 1.46. The van der Waals surface area contributed by atoms with Gasteiger partial charge in [-0.25, -0.2) is 10.2 Å². The first-order chi connectivity index (χ1) is 15.4. The molecule has 0 aliphatic rings. The van der Waals surface area contributed by atoms with Gasteiger partial charge < -0.3 is 14.2 Å². The van der Waals surface area contributed by atoms with Crippen molar-refractivity contribution in [2.45, 2.75) is 13.8 Å². The lowest BCUT2D eigenvalue weighted by molar-refractivity contribution is -0.123. The number of hydrazone groups is 1. The molecule has 0 spiro atoms. The molecule has 0 saturated carbocycles. The number of rotatable bonds is 8. The van der Waals surface area contributed by atoms with Gasteiger partial charge in [-0.2, -0.15) is 5.10 Å². The van der Waals surface area contributed by atoms with Gasteiger partial charge in [-0.1, -0.05) is 6.07 Å². The average Bonchev–Trinajstić information content (AvgIpc) is 2.81. The number of aryl methyl sites for hydroxylation is 2. The average molecular weight is 432 g/mol. The van der Waals surface area contributed by atoms with Crippen molar-refractivity contribution in [1.82, 2.24) is 5.43 Å². The second-order valence-electron chi connectivity index (χ2n) is 7.01. The molecule has 0 heterocycles. The van der Waals surface area contributed by atoms with Crippen LogP contribution in [0.4, 0.5) is 0 Å². The molecule has 1 N–H and O–H groups in total. The van der Waals surface area contributed by atoms with Gasteiger partial charge in [0.25, 0.3) is 5.91 Å². The van der Waals surface area contributed by atoms with E-state index in [1.165, 1.54) is 6.21 Å². The molecular weight excluding hydrogens is 408 g/mol. The quantitative estimate of drug-likeness (QED) is 0.251.